The number of amides is 1. The number of nitro benzene ring substituents is 1. The Morgan fingerprint density at radius 2 is 2.17 bits per heavy atom. The molecule has 2 N–H and O–H groups in total. The van der Waals surface area contributed by atoms with Crippen LogP contribution in [0.4, 0.5) is 11.4 Å². The van der Waals surface area contributed by atoms with Crippen molar-refractivity contribution < 1.29 is 14.5 Å². The van der Waals surface area contributed by atoms with Crippen LogP contribution in [0.3, 0.4) is 0 Å². The van der Waals surface area contributed by atoms with Crippen LogP contribution in [-0.2, 0) is 4.79 Å². The molecule has 0 aromatic heterocycles. The molecule has 0 spiro atoms. The zero-order valence-corrected chi connectivity index (χ0v) is 10.4. The maximum absolute atomic E-state index is 11.6. The third-order valence-electron chi connectivity index (χ3n) is 2.47. The molecule has 7 nitrogen and oxygen atoms in total. The standard InChI is InChI=1S/C11H15N3O4/c1-7(12-2)11(15)13-8-4-5-10(18-3)9(6-8)14(16)17/h4-7,12H,1-3H3,(H,13,15). The van der Waals surface area contributed by atoms with Gasteiger partial charge in [-0.1, -0.05) is 0 Å². The molecule has 1 amide bonds. The lowest BCUT2D eigenvalue weighted by Crippen LogP contribution is -2.35. The normalized spacial score (nSPS) is 11.7. The van der Waals surface area contributed by atoms with Crippen molar-refractivity contribution >= 4 is 17.3 Å². The summed E-state index contributed by atoms with van der Waals surface area (Å²) in [6.07, 6.45) is 0. The summed E-state index contributed by atoms with van der Waals surface area (Å²) in [4.78, 5) is 21.9. The number of nitrogens with zero attached hydrogens (tertiary/aromatic N) is 1. The number of hydrogen-bond acceptors (Lipinski definition) is 5. The van der Waals surface area contributed by atoms with Crippen molar-refractivity contribution in [3.8, 4) is 5.75 Å². The van der Waals surface area contributed by atoms with E-state index in [9.17, 15) is 14.9 Å². The average Bonchev–Trinajstić information content (AvgIpc) is 2.37. The van der Waals surface area contributed by atoms with Gasteiger partial charge in [-0.15, -0.1) is 0 Å². The number of ether oxygens (including phenoxy) is 1. The lowest BCUT2D eigenvalue weighted by Gasteiger charge is -2.11. The van der Waals surface area contributed by atoms with Crippen LogP contribution in [0.25, 0.3) is 0 Å². The van der Waals surface area contributed by atoms with Crippen LogP contribution < -0.4 is 15.4 Å². The van der Waals surface area contributed by atoms with Gasteiger partial charge in [-0.2, -0.15) is 0 Å². The van der Waals surface area contributed by atoms with Crippen LogP contribution in [-0.4, -0.2) is 31.0 Å². The molecule has 0 bridgehead atoms. The summed E-state index contributed by atoms with van der Waals surface area (Å²) >= 11 is 0. The highest BCUT2D eigenvalue weighted by Gasteiger charge is 2.17. The third-order valence-corrected chi connectivity index (χ3v) is 2.47. The molecular formula is C11H15N3O4. The quantitative estimate of drug-likeness (QED) is 0.606. The zero-order valence-electron chi connectivity index (χ0n) is 10.4. The molecule has 1 aromatic carbocycles. The number of rotatable bonds is 5. The number of anilines is 1. The molecule has 7 heteroatoms. The predicted octanol–water partition coefficient (Wildman–Crippen LogP) is 1.15. The Morgan fingerprint density at radius 3 is 2.67 bits per heavy atom. The van der Waals surface area contributed by atoms with Crippen LogP contribution in [0.5, 0.6) is 5.75 Å². The molecule has 1 atom stereocenters. The van der Waals surface area contributed by atoms with Crippen LogP contribution in [0.15, 0.2) is 18.2 Å². The highest BCUT2D eigenvalue weighted by molar-refractivity contribution is 5.94. The van der Waals surface area contributed by atoms with Gasteiger partial charge in [-0.3, -0.25) is 14.9 Å². The average molecular weight is 253 g/mol. The lowest BCUT2D eigenvalue weighted by atomic mass is 10.2. The smallest absolute Gasteiger partial charge is 0.312 e. The Balaban J connectivity index is 2.95. The molecule has 1 rings (SSSR count). The van der Waals surface area contributed by atoms with Crippen molar-refractivity contribution in [3.63, 3.8) is 0 Å². The fourth-order valence-corrected chi connectivity index (χ4v) is 1.29. The summed E-state index contributed by atoms with van der Waals surface area (Å²) in [6, 6.07) is 3.87. The summed E-state index contributed by atoms with van der Waals surface area (Å²) in [5, 5.41) is 16.2. The van der Waals surface area contributed by atoms with Crippen molar-refractivity contribution in [1.29, 1.82) is 0 Å². The minimum Gasteiger partial charge on any atom is -0.490 e. The number of likely N-dealkylation sites (N-methyl/N-ethyl adjacent to an activating group) is 1. The number of nitro groups is 1. The first kappa shape index (κ1) is 13.9. The largest absolute Gasteiger partial charge is 0.490 e. The topological polar surface area (TPSA) is 93.5 Å². The molecule has 0 radical (unpaired) electrons. The molecule has 0 aliphatic heterocycles. The molecule has 0 heterocycles. The summed E-state index contributed by atoms with van der Waals surface area (Å²) in [6.45, 7) is 1.69. The highest BCUT2D eigenvalue weighted by Crippen LogP contribution is 2.29. The van der Waals surface area contributed by atoms with Gasteiger partial charge in [-0.25, -0.2) is 0 Å². The fourth-order valence-electron chi connectivity index (χ4n) is 1.29. The summed E-state index contributed by atoms with van der Waals surface area (Å²) < 4.78 is 4.87. The zero-order chi connectivity index (χ0) is 13.7. The molecule has 0 aliphatic carbocycles. The lowest BCUT2D eigenvalue weighted by molar-refractivity contribution is -0.385. The van der Waals surface area contributed by atoms with E-state index in [1.807, 2.05) is 0 Å². The first-order chi connectivity index (χ1) is 8.49. The first-order valence-corrected chi connectivity index (χ1v) is 5.30. The Hall–Kier alpha value is -2.15. The minimum atomic E-state index is -0.560. The van der Waals surface area contributed by atoms with E-state index >= 15 is 0 Å². The predicted molar refractivity (Wildman–Crippen MR) is 66.8 cm³/mol. The van der Waals surface area contributed by atoms with Crippen molar-refractivity contribution in [3.05, 3.63) is 28.3 Å². The van der Waals surface area contributed by atoms with Crippen molar-refractivity contribution in [1.82, 2.24) is 5.32 Å². The van der Waals surface area contributed by atoms with Crippen LogP contribution >= 0.6 is 0 Å². The summed E-state index contributed by atoms with van der Waals surface area (Å²) in [7, 11) is 3.00. The van der Waals surface area contributed by atoms with Gasteiger partial charge in [0.15, 0.2) is 5.75 Å². The summed E-state index contributed by atoms with van der Waals surface area (Å²) in [5.41, 5.74) is 0.169. The van der Waals surface area contributed by atoms with Crippen molar-refractivity contribution in [2.75, 3.05) is 19.5 Å². The fraction of sp³-hybridized carbons (Fsp3) is 0.364. The highest BCUT2D eigenvalue weighted by atomic mass is 16.6. The minimum absolute atomic E-state index is 0.152. The second-order valence-corrected chi connectivity index (χ2v) is 3.64. The number of hydrogen-bond donors (Lipinski definition) is 2. The molecule has 0 saturated carbocycles. The molecule has 18 heavy (non-hydrogen) atoms. The van der Waals surface area contributed by atoms with E-state index in [4.69, 9.17) is 4.74 Å². The number of carbonyl (C=O) groups is 1. The number of benzene rings is 1. The monoisotopic (exact) mass is 253 g/mol. The number of methoxy groups -OCH3 is 1. The van der Waals surface area contributed by atoms with Gasteiger partial charge >= 0.3 is 5.69 Å². The SMILES string of the molecule is CNC(C)C(=O)Nc1ccc(OC)c([N+](=O)[O-])c1. The molecule has 0 fully saturated rings. The molecule has 0 saturated heterocycles. The van der Waals surface area contributed by atoms with E-state index in [1.54, 1.807) is 20.0 Å². The third kappa shape index (κ3) is 3.17. The first-order valence-electron chi connectivity index (χ1n) is 5.30. The second-order valence-electron chi connectivity index (χ2n) is 3.64. The number of carbonyl (C=O) groups excluding carboxylic acids is 1. The Bertz CT molecular complexity index is 462. The van der Waals surface area contributed by atoms with Crippen LogP contribution in [0.2, 0.25) is 0 Å². The maximum atomic E-state index is 11.6. The van der Waals surface area contributed by atoms with Gasteiger partial charge in [0.05, 0.1) is 18.1 Å². The molecule has 1 aromatic rings. The Morgan fingerprint density at radius 1 is 1.50 bits per heavy atom. The van der Waals surface area contributed by atoms with Gasteiger partial charge in [0.2, 0.25) is 5.91 Å². The van der Waals surface area contributed by atoms with Gasteiger partial charge in [0.1, 0.15) is 0 Å². The van der Waals surface area contributed by atoms with Gasteiger partial charge in [0.25, 0.3) is 0 Å². The van der Waals surface area contributed by atoms with E-state index in [1.165, 1.54) is 19.2 Å². The number of nitrogens with one attached hydrogen (secondary N) is 2. The van der Waals surface area contributed by atoms with E-state index in [0.29, 0.717) is 5.69 Å². The second kappa shape index (κ2) is 5.97. The van der Waals surface area contributed by atoms with E-state index in [2.05, 4.69) is 10.6 Å². The molecule has 98 valence electrons. The molecular weight excluding hydrogens is 238 g/mol. The molecule has 1 unspecified atom stereocenters. The van der Waals surface area contributed by atoms with Gasteiger partial charge < -0.3 is 15.4 Å². The molecule has 0 aliphatic rings. The van der Waals surface area contributed by atoms with Crippen molar-refractivity contribution in [2.24, 2.45) is 0 Å². The summed E-state index contributed by atoms with van der Waals surface area (Å²) in [5.74, 6) is -0.114. The Kier molecular flexibility index (Phi) is 4.61. The van der Waals surface area contributed by atoms with E-state index in [0.717, 1.165) is 0 Å². The maximum Gasteiger partial charge on any atom is 0.312 e. The van der Waals surface area contributed by atoms with Crippen LogP contribution in [0, 0.1) is 10.1 Å². The van der Waals surface area contributed by atoms with E-state index < -0.39 is 4.92 Å². The van der Waals surface area contributed by atoms with E-state index in [-0.39, 0.29) is 23.4 Å². The van der Waals surface area contributed by atoms with Crippen LogP contribution in [0.1, 0.15) is 6.92 Å². The van der Waals surface area contributed by atoms with Gasteiger partial charge in [0, 0.05) is 11.8 Å². The van der Waals surface area contributed by atoms with Gasteiger partial charge in [-0.05, 0) is 26.1 Å². The Labute approximate surface area is 104 Å². The van der Waals surface area contributed by atoms with Crippen molar-refractivity contribution in [2.45, 2.75) is 13.0 Å².